The van der Waals surface area contributed by atoms with Crippen molar-refractivity contribution in [3.8, 4) is 0 Å². The van der Waals surface area contributed by atoms with E-state index in [1.54, 1.807) is 0 Å². The van der Waals surface area contributed by atoms with Crippen molar-refractivity contribution >= 4 is 11.8 Å². The highest BCUT2D eigenvalue weighted by Crippen LogP contribution is 2.48. The van der Waals surface area contributed by atoms with Crippen molar-refractivity contribution in [2.24, 2.45) is 11.3 Å². The average Bonchev–Trinajstić information content (AvgIpc) is 2.68. The van der Waals surface area contributed by atoms with Gasteiger partial charge in [0.2, 0.25) is 5.95 Å². The molecule has 1 aliphatic carbocycles. The summed E-state index contributed by atoms with van der Waals surface area (Å²) in [6.07, 6.45) is -6.27. The van der Waals surface area contributed by atoms with Crippen LogP contribution in [0.15, 0.2) is 24.7 Å². The van der Waals surface area contributed by atoms with Gasteiger partial charge >= 0.3 is 12.4 Å². The predicted molar refractivity (Wildman–Crippen MR) is 100.0 cm³/mol. The van der Waals surface area contributed by atoms with Gasteiger partial charge in [-0.05, 0) is 23.8 Å². The lowest BCUT2D eigenvalue weighted by Crippen LogP contribution is -2.55. The zero-order chi connectivity index (χ0) is 23.0. The van der Waals surface area contributed by atoms with E-state index in [9.17, 15) is 31.4 Å². The minimum Gasteiger partial charge on any atom is -0.396 e. The number of aliphatic hydroxyl groups is 1. The molecule has 3 rings (SSSR count). The summed E-state index contributed by atoms with van der Waals surface area (Å²) in [4.78, 5) is 11.1. The zero-order valence-electron chi connectivity index (χ0n) is 16.6. The molecule has 3 N–H and O–H groups in total. The van der Waals surface area contributed by atoms with Gasteiger partial charge in [0, 0.05) is 43.3 Å². The standard InChI is InChI=1S/C19H21F6N5O/c1-17(2)11(9-31)5-14(17)29-15-13(19(23,24)25)8-28-16(30-15)27-7-10-6-26-4-3-12(10)18(20,21)22/h3-4,6,8,11,14,31H,5,7,9H2,1-2H3,(H2,27,28,29,30)/t11?,14-/m1/s1. The molecule has 2 atom stereocenters. The maximum Gasteiger partial charge on any atom is 0.421 e. The molecule has 2 aromatic heterocycles. The Hall–Kier alpha value is -2.63. The van der Waals surface area contributed by atoms with Crippen molar-refractivity contribution in [3.05, 3.63) is 41.3 Å². The van der Waals surface area contributed by atoms with E-state index < -0.39 is 34.7 Å². The lowest BCUT2D eigenvalue weighted by molar-refractivity contribution is -0.138. The van der Waals surface area contributed by atoms with Crippen LogP contribution in [0.5, 0.6) is 0 Å². The largest absolute Gasteiger partial charge is 0.421 e. The van der Waals surface area contributed by atoms with Crippen LogP contribution < -0.4 is 10.6 Å². The molecule has 1 saturated carbocycles. The first-order chi connectivity index (χ1) is 14.3. The minimum atomic E-state index is -4.72. The zero-order valence-corrected chi connectivity index (χ0v) is 16.6. The summed E-state index contributed by atoms with van der Waals surface area (Å²) in [6.45, 7) is 3.18. The molecule has 170 valence electrons. The monoisotopic (exact) mass is 449 g/mol. The number of pyridine rings is 1. The number of hydrogen-bond acceptors (Lipinski definition) is 6. The van der Waals surface area contributed by atoms with Gasteiger partial charge in [0.1, 0.15) is 11.4 Å². The van der Waals surface area contributed by atoms with Gasteiger partial charge in [0.05, 0.1) is 5.56 Å². The molecular weight excluding hydrogens is 428 g/mol. The molecule has 0 spiro atoms. The molecule has 6 nitrogen and oxygen atoms in total. The van der Waals surface area contributed by atoms with Gasteiger partial charge in [0.25, 0.3) is 0 Å². The van der Waals surface area contributed by atoms with E-state index in [-0.39, 0.29) is 36.6 Å². The summed E-state index contributed by atoms with van der Waals surface area (Å²) < 4.78 is 79.5. The van der Waals surface area contributed by atoms with Crippen LogP contribution >= 0.6 is 0 Å². The summed E-state index contributed by atoms with van der Waals surface area (Å²) in [5.41, 5.74) is -2.66. The summed E-state index contributed by atoms with van der Waals surface area (Å²) >= 11 is 0. The van der Waals surface area contributed by atoms with Gasteiger partial charge in [-0.25, -0.2) is 4.98 Å². The summed E-state index contributed by atoms with van der Waals surface area (Å²) in [5, 5.41) is 14.7. The third kappa shape index (κ3) is 4.83. The van der Waals surface area contributed by atoms with Crippen LogP contribution in [-0.2, 0) is 18.9 Å². The van der Waals surface area contributed by atoms with Crippen molar-refractivity contribution in [2.75, 3.05) is 17.2 Å². The highest BCUT2D eigenvalue weighted by atomic mass is 19.4. The average molecular weight is 449 g/mol. The number of anilines is 2. The number of rotatable bonds is 6. The number of nitrogens with one attached hydrogen (secondary N) is 2. The smallest absolute Gasteiger partial charge is 0.396 e. The van der Waals surface area contributed by atoms with E-state index in [0.717, 1.165) is 18.5 Å². The highest BCUT2D eigenvalue weighted by Gasteiger charge is 2.48. The fraction of sp³-hybridized carbons (Fsp3) is 0.526. The Balaban J connectivity index is 1.83. The second kappa shape index (κ2) is 8.13. The Morgan fingerprint density at radius 1 is 1.10 bits per heavy atom. The lowest BCUT2D eigenvalue weighted by Gasteiger charge is -2.52. The first-order valence-electron chi connectivity index (χ1n) is 9.39. The first kappa shape index (κ1) is 23.0. The van der Waals surface area contributed by atoms with E-state index in [1.165, 1.54) is 0 Å². The van der Waals surface area contributed by atoms with Gasteiger partial charge in [-0.3, -0.25) is 4.98 Å². The van der Waals surface area contributed by atoms with Crippen molar-refractivity contribution in [1.29, 1.82) is 0 Å². The second-order valence-electron chi connectivity index (χ2n) is 7.97. The minimum absolute atomic E-state index is 0.0647. The maximum absolute atomic E-state index is 13.4. The van der Waals surface area contributed by atoms with Crippen LogP contribution in [0, 0.1) is 11.3 Å². The Morgan fingerprint density at radius 2 is 1.77 bits per heavy atom. The van der Waals surface area contributed by atoms with Gasteiger partial charge in [-0.1, -0.05) is 13.8 Å². The van der Waals surface area contributed by atoms with Crippen LogP contribution in [-0.4, -0.2) is 32.7 Å². The van der Waals surface area contributed by atoms with Crippen LogP contribution in [0.1, 0.15) is 37.0 Å². The third-order valence-corrected chi connectivity index (χ3v) is 5.74. The number of hydrogen-bond donors (Lipinski definition) is 3. The fourth-order valence-corrected chi connectivity index (χ4v) is 3.54. The molecule has 2 heterocycles. The molecule has 0 saturated heterocycles. The van der Waals surface area contributed by atoms with E-state index in [4.69, 9.17) is 0 Å². The molecule has 0 bridgehead atoms. The molecule has 12 heteroatoms. The number of halogens is 6. The summed E-state index contributed by atoms with van der Waals surface area (Å²) in [6, 6.07) is 0.442. The van der Waals surface area contributed by atoms with Gasteiger partial charge in [-0.2, -0.15) is 31.3 Å². The van der Waals surface area contributed by atoms with Crippen molar-refractivity contribution in [1.82, 2.24) is 15.0 Å². The molecule has 1 fully saturated rings. The quantitative estimate of drug-likeness (QED) is 0.570. The Bertz CT molecular complexity index is 931. The molecule has 0 radical (unpaired) electrons. The topological polar surface area (TPSA) is 83.0 Å². The van der Waals surface area contributed by atoms with Crippen LogP contribution in [0.4, 0.5) is 38.1 Å². The molecule has 0 aromatic carbocycles. The third-order valence-electron chi connectivity index (χ3n) is 5.74. The van der Waals surface area contributed by atoms with Crippen molar-refractivity contribution in [3.63, 3.8) is 0 Å². The Morgan fingerprint density at radius 3 is 2.35 bits per heavy atom. The maximum atomic E-state index is 13.4. The fourth-order valence-electron chi connectivity index (χ4n) is 3.54. The Labute approximate surface area is 174 Å². The first-order valence-corrected chi connectivity index (χ1v) is 9.39. The van der Waals surface area contributed by atoms with E-state index in [0.29, 0.717) is 12.6 Å². The van der Waals surface area contributed by atoms with Crippen LogP contribution in [0.2, 0.25) is 0 Å². The molecule has 31 heavy (non-hydrogen) atoms. The molecular formula is C19H21F6N5O. The van der Waals surface area contributed by atoms with E-state index >= 15 is 0 Å². The highest BCUT2D eigenvalue weighted by molar-refractivity contribution is 5.50. The Kier molecular flexibility index (Phi) is 6.05. The summed E-state index contributed by atoms with van der Waals surface area (Å²) in [7, 11) is 0. The van der Waals surface area contributed by atoms with Gasteiger partial charge < -0.3 is 15.7 Å². The van der Waals surface area contributed by atoms with E-state index in [2.05, 4.69) is 25.6 Å². The molecule has 1 unspecified atom stereocenters. The van der Waals surface area contributed by atoms with Crippen molar-refractivity contribution < 1.29 is 31.4 Å². The molecule has 1 aliphatic rings. The van der Waals surface area contributed by atoms with Crippen LogP contribution in [0.3, 0.4) is 0 Å². The number of alkyl halides is 6. The molecule has 0 amide bonds. The van der Waals surface area contributed by atoms with Gasteiger partial charge in [0.15, 0.2) is 0 Å². The number of aromatic nitrogens is 3. The molecule has 2 aromatic rings. The number of nitrogens with zero attached hydrogens (tertiary/aromatic N) is 3. The number of aliphatic hydroxyl groups excluding tert-OH is 1. The predicted octanol–water partition coefficient (Wildman–Crippen LogP) is 4.34. The van der Waals surface area contributed by atoms with Crippen LogP contribution in [0.25, 0.3) is 0 Å². The summed E-state index contributed by atoms with van der Waals surface area (Å²) in [5.74, 6) is -0.796. The van der Waals surface area contributed by atoms with Crippen molar-refractivity contribution in [2.45, 2.75) is 45.2 Å². The SMILES string of the molecule is CC1(C)C(CO)C[C@H]1Nc1nc(NCc2cnccc2C(F)(F)F)ncc1C(F)(F)F. The normalized spacial score (nSPS) is 20.8. The lowest BCUT2D eigenvalue weighted by atomic mass is 9.59. The van der Waals surface area contributed by atoms with E-state index in [1.807, 2.05) is 13.8 Å². The molecule has 0 aliphatic heterocycles. The van der Waals surface area contributed by atoms with Gasteiger partial charge in [-0.15, -0.1) is 0 Å². The second-order valence-corrected chi connectivity index (χ2v) is 7.97.